The molecule has 0 saturated carbocycles. The highest BCUT2D eigenvalue weighted by atomic mass is 32.1. The predicted octanol–water partition coefficient (Wildman–Crippen LogP) is 4.95. The van der Waals surface area contributed by atoms with Crippen molar-refractivity contribution in [3.05, 3.63) is 29.8 Å². The monoisotopic (exact) mass is 416 g/mol. The fourth-order valence-electron chi connectivity index (χ4n) is 2.93. The van der Waals surface area contributed by atoms with E-state index in [1.54, 1.807) is 0 Å². The van der Waals surface area contributed by atoms with Gasteiger partial charge in [-0.3, -0.25) is 14.9 Å². The summed E-state index contributed by atoms with van der Waals surface area (Å²) in [4.78, 5) is 25.1. The van der Waals surface area contributed by atoms with Gasteiger partial charge in [0.2, 0.25) is 16.9 Å². The predicted molar refractivity (Wildman–Crippen MR) is 119 cm³/mol. The van der Waals surface area contributed by atoms with Crippen molar-refractivity contribution < 1.29 is 9.59 Å². The molecule has 0 spiro atoms. The Morgan fingerprint density at radius 2 is 1.79 bits per heavy atom. The van der Waals surface area contributed by atoms with Crippen LogP contribution in [0.25, 0.3) is 10.6 Å². The Bertz CT molecular complexity index is 788. The van der Waals surface area contributed by atoms with E-state index < -0.39 is 6.04 Å². The number of amides is 2. The molecule has 0 aliphatic carbocycles. The van der Waals surface area contributed by atoms with Gasteiger partial charge in [-0.2, -0.15) is 0 Å². The van der Waals surface area contributed by atoms with Crippen LogP contribution in [0.1, 0.15) is 64.9 Å². The lowest BCUT2D eigenvalue weighted by Crippen LogP contribution is -2.47. The summed E-state index contributed by atoms with van der Waals surface area (Å²) in [7, 11) is 0. The Hall–Kier alpha value is -2.28. The molecule has 2 rings (SSSR count). The molecule has 2 atom stereocenters. The van der Waals surface area contributed by atoms with Gasteiger partial charge in [0.05, 0.1) is 0 Å². The van der Waals surface area contributed by atoms with Crippen molar-refractivity contribution in [3.8, 4) is 10.6 Å². The molecule has 1 heterocycles. The quantitative estimate of drug-likeness (QED) is 0.508. The molecule has 0 aliphatic rings. The normalized spacial score (nSPS) is 13.0. The van der Waals surface area contributed by atoms with Gasteiger partial charge < -0.3 is 5.32 Å². The van der Waals surface area contributed by atoms with Crippen molar-refractivity contribution in [3.63, 3.8) is 0 Å². The maximum absolute atomic E-state index is 12.8. The smallest absolute Gasteiger partial charge is 0.249 e. The van der Waals surface area contributed by atoms with E-state index in [9.17, 15) is 9.59 Å². The maximum Gasteiger partial charge on any atom is 0.249 e. The number of carbonyl (C=O) groups is 2. The van der Waals surface area contributed by atoms with E-state index in [0.29, 0.717) is 11.6 Å². The Morgan fingerprint density at radius 1 is 1.07 bits per heavy atom. The molecule has 1 aromatic heterocycles. The third kappa shape index (κ3) is 7.24. The Kier molecular flexibility index (Phi) is 9.25. The molecule has 1 aromatic carbocycles. The standard InChI is InChI=1S/C22H32N4O2S/c1-5-7-8-9-10-18(27)23-19(16(4)6-2)20(28)24-22-26-25-21(29-22)17-13-11-15(3)12-14-17/h11-14,16,19H,5-10H2,1-4H3,(H,23,27)(H,24,26,28)/t16-,19-/m1/s1. The minimum atomic E-state index is -0.578. The first-order valence-corrected chi connectivity index (χ1v) is 11.3. The van der Waals surface area contributed by atoms with Gasteiger partial charge in [-0.05, 0) is 19.3 Å². The van der Waals surface area contributed by atoms with Gasteiger partial charge in [0.1, 0.15) is 11.0 Å². The van der Waals surface area contributed by atoms with Crippen LogP contribution in [0, 0.1) is 12.8 Å². The Balaban J connectivity index is 1.99. The van der Waals surface area contributed by atoms with E-state index in [2.05, 4.69) is 27.8 Å². The summed E-state index contributed by atoms with van der Waals surface area (Å²) in [6, 6.07) is 7.43. The van der Waals surface area contributed by atoms with Crippen LogP contribution in [0.5, 0.6) is 0 Å². The van der Waals surface area contributed by atoms with E-state index in [1.807, 2.05) is 45.0 Å². The van der Waals surface area contributed by atoms with E-state index in [-0.39, 0.29) is 17.7 Å². The van der Waals surface area contributed by atoms with Crippen molar-refractivity contribution in [1.82, 2.24) is 15.5 Å². The summed E-state index contributed by atoms with van der Waals surface area (Å²) in [6.45, 7) is 8.15. The second kappa shape index (κ2) is 11.7. The van der Waals surface area contributed by atoms with E-state index in [1.165, 1.54) is 16.9 Å². The molecule has 0 saturated heterocycles. The molecule has 2 aromatic rings. The van der Waals surface area contributed by atoms with Gasteiger partial charge in [-0.1, -0.05) is 87.6 Å². The number of aromatic nitrogens is 2. The van der Waals surface area contributed by atoms with Crippen molar-refractivity contribution in [2.75, 3.05) is 5.32 Å². The molecule has 0 fully saturated rings. The number of anilines is 1. The lowest BCUT2D eigenvalue weighted by atomic mass is 9.98. The lowest BCUT2D eigenvalue weighted by Gasteiger charge is -2.23. The minimum absolute atomic E-state index is 0.0269. The first-order valence-electron chi connectivity index (χ1n) is 10.4. The van der Waals surface area contributed by atoms with Crippen LogP contribution in [0.2, 0.25) is 0 Å². The fraction of sp³-hybridized carbons (Fsp3) is 0.545. The minimum Gasteiger partial charge on any atom is -0.344 e. The SMILES string of the molecule is CCCCCCC(=O)N[C@@H](C(=O)Nc1nnc(-c2ccc(C)cc2)s1)[C@H](C)CC. The molecule has 0 aliphatic heterocycles. The molecule has 2 amide bonds. The summed E-state index contributed by atoms with van der Waals surface area (Å²) < 4.78 is 0. The second-order valence-electron chi connectivity index (χ2n) is 7.51. The molecular weight excluding hydrogens is 384 g/mol. The summed E-state index contributed by atoms with van der Waals surface area (Å²) in [5.41, 5.74) is 2.14. The van der Waals surface area contributed by atoms with Crippen molar-refractivity contribution in [2.45, 2.75) is 72.3 Å². The highest BCUT2D eigenvalue weighted by Gasteiger charge is 2.26. The summed E-state index contributed by atoms with van der Waals surface area (Å²) in [5.74, 6) is -0.286. The number of benzene rings is 1. The average molecular weight is 417 g/mol. The first-order chi connectivity index (χ1) is 13.9. The largest absolute Gasteiger partial charge is 0.344 e. The van der Waals surface area contributed by atoms with Crippen molar-refractivity contribution in [1.29, 1.82) is 0 Å². The second-order valence-corrected chi connectivity index (χ2v) is 8.49. The highest BCUT2D eigenvalue weighted by Crippen LogP contribution is 2.26. The van der Waals surface area contributed by atoms with Crippen molar-refractivity contribution in [2.24, 2.45) is 5.92 Å². The van der Waals surface area contributed by atoms with E-state index in [4.69, 9.17) is 0 Å². The molecular formula is C22H32N4O2S. The van der Waals surface area contributed by atoms with Crippen LogP contribution in [0.4, 0.5) is 5.13 Å². The average Bonchev–Trinajstić information content (AvgIpc) is 3.17. The number of rotatable bonds is 11. The van der Waals surface area contributed by atoms with Crippen LogP contribution in [-0.2, 0) is 9.59 Å². The Labute approximate surface area is 177 Å². The van der Waals surface area contributed by atoms with Crippen LogP contribution in [-0.4, -0.2) is 28.1 Å². The fourth-order valence-corrected chi connectivity index (χ4v) is 3.68. The molecule has 29 heavy (non-hydrogen) atoms. The molecule has 2 N–H and O–H groups in total. The zero-order valence-corrected chi connectivity index (χ0v) is 18.6. The number of aryl methyl sites for hydroxylation is 1. The molecule has 0 bridgehead atoms. The van der Waals surface area contributed by atoms with Crippen LogP contribution in [0.15, 0.2) is 24.3 Å². The number of unbranched alkanes of at least 4 members (excludes halogenated alkanes) is 3. The van der Waals surface area contributed by atoms with Gasteiger partial charge >= 0.3 is 0 Å². The Morgan fingerprint density at radius 3 is 2.45 bits per heavy atom. The molecule has 0 unspecified atom stereocenters. The summed E-state index contributed by atoms with van der Waals surface area (Å²) in [5, 5.41) is 15.2. The summed E-state index contributed by atoms with van der Waals surface area (Å²) >= 11 is 1.33. The van der Waals surface area contributed by atoms with E-state index in [0.717, 1.165) is 42.7 Å². The van der Waals surface area contributed by atoms with E-state index >= 15 is 0 Å². The number of carbonyl (C=O) groups excluding carboxylic acids is 2. The maximum atomic E-state index is 12.8. The molecule has 7 heteroatoms. The van der Waals surface area contributed by atoms with Gasteiger partial charge in [0, 0.05) is 12.0 Å². The molecule has 158 valence electrons. The molecule has 0 radical (unpaired) electrons. The first kappa shape index (κ1) is 23.0. The number of hydrogen-bond acceptors (Lipinski definition) is 5. The third-order valence-electron chi connectivity index (χ3n) is 5.02. The van der Waals surface area contributed by atoms with Crippen LogP contribution < -0.4 is 10.6 Å². The third-order valence-corrected chi connectivity index (χ3v) is 5.91. The van der Waals surface area contributed by atoms with Gasteiger partial charge in [0.15, 0.2) is 0 Å². The van der Waals surface area contributed by atoms with Gasteiger partial charge in [0.25, 0.3) is 0 Å². The zero-order chi connectivity index (χ0) is 21.2. The number of nitrogens with one attached hydrogen (secondary N) is 2. The lowest BCUT2D eigenvalue weighted by molar-refractivity contribution is -0.127. The van der Waals surface area contributed by atoms with Gasteiger partial charge in [-0.25, -0.2) is 0 Å². The zero-order valence-electron chi connectivity index (χ0n) is 17.8. The van der Waals surface area contributed by atoms with Crippen LogP contribution >= 0.6 is 11.3 Å². The summed E-state index contributed by atoms with van der Waals surface area (Å²) in [6.07, 6.45) is 5.39. The number of hydrogen-bond donors (Lipinski definition) is 2. The topological polar surface area (TPSA) is 84.0 Å². The van der Waals surface area contributed by atoms with Crippen molar-refractivity contribution >= 4 is 28.3 Å². The van der Waals surface area contributed by atoms with Crippen LogP contribution in [0.3, 0.4) is 0 Å². The van der Waals surface area contributed by atoms with Gasteiger partial charge in [-0.15, -0.1) is 10.2 Å². The highest BCUT2D eigenvalue weighted by molar-refractivity contribution is 7.18. The number of nitrogens with zero attached hydrogens (tertiary/aromatic N) is 2. The molecule has 6 nitrogen and oxygen atoms in total.